The van der Waals surface area contributed by atoms with E-state index in [4.69, 9.17) is 11.6 Å². The second-order valence-corrected chi connectivity index (χ2v) is 17.1. The number of nitrogens with one attached hydrogen (secondary N) is 1. The van der Waals surface area contributed by atoms with Crippen molar-refractivity contribution < 1.29 is 52.8 Å². The number of alkyl halides is 7. The van der Waals surface area contributed by atoms with E-state index in [1.807, 2.05) is 0 Å². The first kappa shape index (κ1) is 40.7. The molecule has 6 atom stereocenters. The standard InChI is InChI=1S/C17H18F3NO3S.C9H13NO.C8H6ClF3O2S/c1-2-12(22)7-14-15-9-21(10-16(14)15)8-11-3-5-13(6-4-11)25(23,24)17(18,19)20;1-2-6(11)3-7-8-4-10-5-9(7)8;9-5-6-1-3-7(4-2-6)15(13,14)8(10,11)12/h2-6,14-16H,1,7-10H2;2,7-10H,1,3-5H2;1-4H,5H2/t14?,15-,16+;7?,8-,9+;. The minimum Gasteiger partial charge on any atom is -0.316 e. The van der Waals surface area contributed by atoms with Gasteiger partial charge in [0.25, 0.3) is 19.7 Å². The third-order valence-electron chi connectivity index (χ3n) is 9.68. The summed E-state index contributed by atoms with van der Waals surface area (Å²) in [6.07, 6.45) is 4.07. The Morgan fingerprint density at radius 1 is 0.706 bits per heavy atom. The van der Waals surface area contributed by atoms with Crippen molar-refractivity contribution in [2.75, 3.05) is 26.2 Å². The van der Waals surface area contributed by atoms with Gasteiger partial charge in [-0.25, -0.2) is 16.8 Å². The Bertz CT molecular complexity index is 1790. The number of nitrogens with zero attached hydrogens (tertiary/aromatic N) is 1. The summed E-state index contributed by atoms with van der Waals surface area (Å²) < 4.78 is 118. The predicted octanol–water partition coefficient (Wildman–Crippen LogP) is 6.12. The minimum atomic E-state index is -5.30. The van der Waals surface area contributed by atoms with Crippen molar-refractivity contribution in [2.24, 2.45) is 35.5 Å². The monoisotopic (exact) mass is 782 g/mol. The molecule has 2 saturated carbocycles. The van der Waals surface area contributed by atoms with Crippen molar-refractivity contribution in [3.8, 4) is 0 Å². The van der Waals surface area contributed by atoms with Gasteiger partial charge in [-0.05, 0) is 96.1 Å². The topological polar surface area (TPSA) is 118 Å². The summed E-state index contributed by atoms with van der Waals surface area (Å²) in [6.45, 7) is 11.4. The van der Waals surface area contributed by atoms with Crippen LogP contribution in [0.1, 0.15) is 24.0 Å². The number of hydrogen-bond acceptors (Lipinski definition) is 8. The quantitative estimate of drug-likeness (QED) is 0.165. The molecule has 4 fully saturated rings. The highest BCUT2D eigenvalue weighted by molar-refractivity contribution is 7.92. The van der Waals surface area contributed by atoms with Gasteiger partial charge in [-0.15, -0.1) is 11.6 Å². The van der Waals surface area contributed by atoms with Crippen molar-refractivity contribution in [3.05, 3.63) is 85.0 Å². The van der Waals surface area contributed by atoms with Crippen LogP contribution in [0.4, 0.5) is 26.3 Å². The van der Waals surface area contributed by atoms with Crippen LogP contribution in [0.25, 0.3) is 0 Å². The number of sulfone groups is 2. The third-order valence-corrected chi connectivity index (χ3v) is 13.0. The summed E-state index contributed by atoms with van der Waals surface area (Å²) in [5.41, 5.74) is -9.24. The Morgan fingerprint density at radius 3 is 1.43 bits per heavy atom. The van der Waals surface area contributed by atoms with Crippen molar-refractivity contribution in [1.82, 2.24) is 10.2 Å². The van der Waals surface area contributed by atoms with E-state index in [1.165, 1.54) is 36.4 Å². The Morgan fingerprint density at radius 2 is 1.08 bits per heavy atom. The van der Waals surface area contributed by atoms with Gasteiger partial charge < -0.3 is 5.32 Å². The second-order valence-electron chi connectivity index (χ2n) is 12.9. The van der Waals surface area contributed by atoms with E-state index >= 15 is 0 Å². The molecule has 0 aromatic heterocycles. The molecular weight excluding hydrogens is 746 g/mol. The highest BCUT2D eigenvalue weighted by atomic mass is 35.5. The lowest BCUT2D eigenvalue weighted by Gasteiger charge is -2.19. The number of fused-ring (bicyclic) bond motifs is 2. The fourth-order valence-electron chi connectivity index (χ4n) is 6.71. The van der Waals surface area contributed by atoms with Crippen LogP contribution in [0.3, 0.4) is 0 Å². The first-order valence-corrected chi connectivity index (χ1v) is 19.3. The van der Waals surface area contributed by atoms with Gasteiger partial charge in [0.05, 0.1) is 9.79 Å². The van der Waals surface area contributed by atoms with Gasteiger partial charge in [0.15, 0.2) is 11.6 Å². The third kappa shape index (κ3) is 9.69. The highest BCUT2D eigenvalue weighted by Crippen LogP contribution is 2.54. The number of rotatable bonds is 11. The van der Waals surface area contributed by atoms with Crippen LogP contribution in [0.5, 0.6) is 0 Å². The number of carbonyl (C=O) groups is 2. The van der Waals surface area contributed by atoms with E-state index < -0.39 is 40.5 Å². The average Bonchev–Trinajstić information content (AvgIpc) is 3.68. The largest absolute Gasteiger partial charge is 0.501 e. The van der Waals surface area contributed by atoms with Crippen molar-refractivity contribution in [3.63, 3.8) is 0 Å². The molecular formula is C34H37ClF6N2O6S2. The maximum atomic E-state index is 12.5. The Hall–Kier alpha value is -3.05. The van der Waals surface area contributed by atoms with Crippen LogP contribution in [0.2, 0.25) is 0 Å². The fourth-order valence-corrected chi connectivity index (χ4v) is 8.41. The average molecular weight is 783 g/mol. The molecule has 6 rings (SSSR count). The molecule has 280 valence electrons. The van der Waals surface area contributed by atoms with Crippen LogP contribution < -0.4 is 5.32 Å². The Labute approximate surface area is 297 Å². The summed E-state index contributed by atoms with van der Waals surface area (Å²) in [4.78, 5) is 23.0. The lowest BCUT2D eigenvalue weighted by molar-refractivity contribution is -0.115. The number of likely N-dealkylation sites (tertiary alicyclic amines) is 1. The molecule has 4 aliphatic rings. The number of ketones is 2. The zero-order valence-corrected chi connectivity index (χ0v) is 29.6. The van der Waals surface area contributed by atoms with E-state index in [0.717, 1.165) is 74.3 Å². The smallest absolute Gasteiger partial charge is 0.316 e. The molecule has 0 spiro atoms. The molecule has 0 radical (unpaired) electrons. The normalized spacial score (nSPS) is 25.2. The molecule has 2 saturated heterocycles. The second kappa shape index (κ2) is 15.9. The van der Waals surface area contributed by atoms with Crippen LogP contribution in [0.15, 0.2) is 83.6 Å². The summed E-state index contributed by atoms with van der Waals surface area (Å²) in [6, 6.07) is 9.10. The van der Waals surface area contributed by atoms with Gasteiger partial charge >= 0.3 is 11.0 Å². The van der Waals surface area contributed by atoms with Crippen molar-refractivity contribution in [2.45, 2.75) is 46.1 Å². The SMILES string of the molecule is C=CC(=O)CC1[C@H]2CN(Cc3ccc(S(=O)(=O)C(F)(F)F)cc3)C[C@@H]12.C=CC(=O)CC1[C@H]2CNC[C@@H]12.O=S(=O)(c1ccc(CCl)cc1)C(F)(F)F. The molecule has 1 N–H and O–H groups in total. The molecule has 17 heteroatoms. The molecule has 2 unspecified atom stereocenters. The molecule has 0 bridgehead atoms. The van der Waals surface area contributed by atoms with E-state index in [2.05, 4.69) is 23.4 Å². The van der Waals surface area contributed by atoms with E-state index in [9.17, 15) is 52.8 Å². The number of allylic oxidation sites excluding steroid dienone is 2. The molecule has 51 heavy (non-hydrogen) atoms. The van der Waals surface area contributed by atoms with Crippen LogP contribution >= 0.6 is 11.6 Å². The Kier molecular flexibility index (Phi) is 12.7. The predicted molar refractivity (Wildman–Crippen MR) is 178 cm³/mol. The van der Waals surface area contributed by atoms with E-state index in [-0.39, 0.29) is 17.4 Å². The van der Waals surface area contributed by atoms with Gasteiger partial charge in [-0.2, -0.15) is 26.3 Å². The summed E-state index contributed by atoms with van der Waals surface area (Å²) in [5.74, 6) is 4.09. The first-order chi connectivity index (χ1) is 23.7. The molecule has 2 aromatic rings. The van der Waals surface area contributed by atoms with Gasteiger partial charge in [-0.1, -0.05) is 37.4 Å². The highest BCUT2D eigenvalue weighted by Gasteiger charge is 2.55. The summed E-state index contributed by atoms with van der Waals surface area (Å²) in [7, 11) is -10.5. The lowest BCUT2D eigenvalue weighted by Crippen LogP contribution is -2.25. The maximum Gasteiger partial charge on any atom is 0.501 e. The fraction of sp³-hybridized carbons (Fsp3) is 0.471. The molecule has 8 nitrogen and oxygen atoms in total. The van der Waals surface area contributed by atoms with Gasteiger partial charge in [0.1, 0.15) is 0 Å². The van der Waals surface area contributed by atoms with Crippen LogP contribution in [0, 0.1) is 35.5 Å². The van der Waals surface area contributed by atoms with Crippen molar-refractivity contribution >= 4 is 42.8 Å². The number of benzene rings is 2. The number of piperidine rings is 2. The first-order valence-electron chi connectivity index (χ1n) is 15.8. The summed E-state index contributed by atoms with van der Waals surface area (Å²) >= 11 is 5.41. The molecule has 2 aliphatic carbocycles. The lowest BCUT2D eigenvalue weighted by atomic mass is 10.1. The molecule has 2 heterocycles. The van der Waals surface area contributed by atoms with Gasteiger partial charge in [0.2, 0.25) is 0 Å². The van der Waals surface area contributed by atoms with Crippen LogP contribution in [-0.2, 0) is 41.7 Å². The van der Waals surface area contributed by atoms with E-state index in [1.54, 1.807) is 0 Å². The zero-order chi connectivity index (χ0) is 37.9. The molecule has 0 amide bonds. The summed E-state index contributed by atoms with van der Waals surface area (Å²) in [5, 5.41) is 3.31. The minimum absolute atomic E-state index is 0.0624. The zero-order valence-electron chi connectivity index (χ0n) is 27.2. The number of hydrogen-bond donors (Lipinski definition) is 1. The van der Waals surface area contributed by atoms with Crippen LogP contribution in [-0.4, -0.2) is 70.5 Å². The number of carbonyl (C=O) groups excluding carboxylic acids is 2. The van der Waals surface area contributed by atoms with Gasteiger partial charge in [0, 0.05) is 38.4 Å². The van der Waals surface area contributed by atoms with Crippen molar-refractivity contribution in [1.29, 1.82) is 0 Å². The maximum absolute atomic E-state index is 12.5. The number of halogens is 7. The molecule has 2 aromatic carbocycles. The Balaban J connectivity index is 0.000000190. The van der Waals surface area contributed by atoms with E-state index in [0.29, 0.717) is 42.2 Å². The molecule has 2 aliphatic heterocycles. The van der Waals surface area contributed by atoms with Gasteiger partial charge in [-0.3, -0.25) is 14.5 Å².